The van der Waals surface area contributed by atoms with Crippen molar-refractivity contribution in [1.29, 1.82) is 0 Å². The van der Waals surface area contributed by atoms with Crippen LogP contribution in [0, 0.1) is 0 Å². The first-order chi connectivity index (χ1) is 11.3. The summed E-state index contributed by atoms with van der Waals surface area (Å²) in [5.74, 6) is 0.796. The van der Waals surface area contributed by atoms with E-state index in [1.54, 1.807) is 31.4 Å². The topological polar surface area (TPSA) is 67.9 Å². The van der Waals surface area contributed by atoms with Crippen molar-refractivity contribution in [3.05, 3.63) is 29.8 Å². The predicted molar refractivity (Wildman–Crippen MR) is 91.5 cm³/mol. The van der Waals surface area contributed by atoms with E-state index in [2.05, 4.69) is 10.2 Å². The van der Waals surface area contributed by atoms with Crippen LogP contribution in [0.15, 0.2) is 24.3 Å². The van der Waals surface area contributed by atoms with Gasteiger partial charge in [0.2, 0.25) is 0 Å². The number of carbonyl (C=O) groups excluding carboxylic acids is 2. The molecular formula is C18H26N2O4. The Kier molecular flexibility index (Phi) is 5.83. The largest absolute Gasteiger partial charge is 0.497 e. The number of likely N-dealkylation sites (tertiary alicyclic amines) is 1. The van der Waals surface area contributed by atoms with E-state index in [4.69, 9.17) is 9.47 Å². The molecule has 0 bridgehead atoms. The van der Waals surface area contributed by atoms with Crippen molar-refractivity contribution in [2.75, 3.05) is 26.7 Å². The summed E-state index contributed by atoms with van der Waals surface area (Å²) in [4.78, 5) is 26.2. The van der Waals surface area contributed by atoms with Gasteiger partial charge in [0, 0.05) is 24.7 Å². The fourth-order valence-electron chi connectivity index (χ4n) is 2.64. The quantitative estimate of drug-likeness (QED) is 0.838. The summed E-state index contributed by atoms with van der Waals surface area (Å²) >= 11 is 0. The lowest BCUT2D eigenvalue weighted by atomic mass is 10.1. The number of alkyl carbamates (subject to hydrolysis) is 1. The number of rotatable bonds is 5. The first kappa shape index (κ1) is 18.3. The molecule has 1 amide bonds. The van der Waals surface area contributed by atoms with Crippen LogP contribution in [0.2, 0.25) is 0 Å². The van der Waals surface area contributed by atoms with Gasteiger partial charge in [0.1, 0.15) is 11.4 Å². The van der Waals surface area contributed by atoms with Crippen LogP contribution >= 0.6 is 0 Å². The van der Waals surface area contributed by atoms with Gasteiger partial charge < -0.3 is 14.8 Å². The number of methoxy groups -OCH3 is 1. The first-order valence-corrected chi connectivity index (χ1v) is 8.16. The van der Waals surface area contributed by atoms with E-state index in [1.807, 2.05) is 20.8 Å². The van der Waals surface area contributed by atoms with E-state index in [9.17, 15) is 9.59 Å². The van der Waals surface area contributed by atoms with Crippen molar-refractivity contribution in [1.82, 2.24) is 10.2 Å². The molecule has 0 aliphatic carbocycles. The second-order valence-electron chi connectivity index (χ2n) is 7.02. The second kappa shape index (κ2) is 7.66. The molecule has 1 unspecified atom stereocenters. The standard InChI is InChI=1S/C18H26N2O4/c1-18(2,3)24-17(22)19-14-9-10-20(11-14)12-16(21)13-5-7-15(23-4)8-6-13/h5-8,14H,9-12H2,1-4H3,(H,19,22). The molecule has 1 heterocycles. The molecular weight excluding hydrogens is 308 g/mol. The Morgan fingerprint density at radius 2 is 1.92 bits per heavy atom. The normalized spacial score (nSPS) is 18.2. The number of nitrogens with zero attached hydrogens (tertiary/aromatic N) is 1. The summed E-state index contributed by atoms with van der Waals surface area (Å²) in [6.07, 6.45) is 0.408. The average Bonchev–Trinajstić information content (AvgIpc) is 2.92. The first-order valence-electron chi connectivity index (χ1n) is 8.16. The molecule has 24 heavy (non-hydrogen) atoms. The lowest BCUT2D eigenvalue weighted by molar-refractivity contribution is 0.0506. The van der Waals surface area contributed by atoms with Crippen LogP contribution in [-0.2, 0) is 4.74 Å². The molecule has 1 aromatic carbocycles. The maximum absolute atomic E-state index is 12.3. The number of Topliss-reactive ketones (excluding diaryl/α,β-unsaturated/α-hetero) is 1. The molecule has 6 heteroatoms. The van der Waals surface area contributed by atoms with Gasteiger partial charge in [0.25, 0.3) is 0 Å². The minimum absolute atomic E-state index is 0.0171. The van der Waals surface area contributed by atoms with Gasteiger partial charge >= 0.3 is 6.09 Å². The highest BCUT2D eigenvalue weighted by Gasteiger charge is 2.27. The molecule has 0 radical (unpaired) electrons. The summed E-state index contributed by atoms with van der Waals surface area (Å²) in [5, 5.41) is 2.86. The summed E-state index contributed by atoms with van der Waals surface area (Å²) in [6, 6.07) is 7.12. The molecule has 132 valence electrons. The third-order valence-electron chi connectivity index (χ3n) is 3.77. The van der Waals surface area contributed by atoms with E-state index in [0.717, 1.165) is 18.7 Å². The minimum Gasteiger partial charge on any atom is -0.497 e. The molecule has 0 spiro atoms. The van der Waals surface area contributed by atoms with Crippen molar-refractivity contribution in [3.8, 4) is 5.75 Å². The number of ether oxygens (including phenoxy) is 2. The van der Waals surface area contributed by atoms with Gasteiger partial charge in [-0.2, -0.15) is 0 Å². The minimum atomic E-state index is -0.507. The molecule has 1 saturated heterocycles. The van der Waals surface area contributed by atoms with Gasteiger partial charge in [-0.3, -0.25) is 9.69 Å². The summed E-state index contributed by atoms with van der Waals surface area (Å²) in [6.45, 7) is 7.28. The van der Waals surface area contributed by atoms with Crippen molar-refractivity contribution in [3.63, 3.8) is 0 Å². The maximum Gasteiger partial charge on any atom is 0.407 e. The summed E-state index contributed by atoms with van der Waals surface area (Å²) in [5.41, 5.74) is 0.159. The number of amides is 1. The summed E-state index contributed by atoms with van der Waals surface area (Å²) in [7, 11) is 1.60. The van der Waals surface area contributed by atoms with Crippen molar-refractivity contribution in [2.45, 2.75) is 38.8 Å². The van der Waals surface area contributed by atoms with Gasteiger partial charge in [0.15, 0.2) is 5.78 Å². The van der Waals surface area contributed by atoms with E-state index in [1.165, 1.54) is 0 Å². The maximum atomic E-state index is 12.3. The predicted octanol–water partition coefficient (Wildman–Crippen LogP) is 2.48. The van der Waals surface area contributed by atoms with Crippen molar-refractivity contribution < 1.29 is 19.1 Å². The zero-order chi connectivity index (χ0) is 17.7. The molecule has 0 saturated carbocycles. The fraction of sp³-hybridized carbons (Fsp3) is 0.556. The average molecular weight is 334 g/mol. The van der Waals surface area contributed by atoms with Crippen LogP contribution in [0.4, 0.5) is 4.79 Å². The number of nitrogens with one attached hydrogen (secondary N) is 1. The van der Waals surface area contributed by atoms with Gasteiger partial charge in [-0.1, -0.05) is 0 Å². The van der Waals surface area contributed by atoms with Gasteiger partial charge in [-0.05, 0) is 51.5 Å². The second-order valence-corrected chi connectivity index (χ2v) is 7.02. The lowest BCUT2D eigenvalue weighted by Crippen LogP contribution is -2.41. The Hall–Kier alpha value is -2.08. The lowest BCUT2D eigenvalue weighted by Gasteiger charge is -2.22. The van der Waals surface area contributed by atoms with Crippen molar-refractivity contribution >= 4 is 11.9 Å². The highest BCUT2D eigenvalue weighted by atomic mass is 16.6. The van der Waals surface area contributed by atoms with Gasteiger partial charge in [0.05, 0.1) is 13.7 Å². The van der Waals surface area contributed by atoms with E-state index in [0.29, 0.717) is 18.7 Å². The van der Waals surface area contributed by atoms with Gasteiger partial charge in [-0.15, -0.1) is 0 Å². The number of ketones is 1. The number of hydrogen-bond donors (Lipinski definition) is 1. The fourth-order valence-corrected chi connectivity index (χ4v) is 2.64. The Bertz CT molecular complexity index is 578. The van der Waals surface area contributed by atoms with E-state index >= 15 is 0 Å². The molecule has 1 N–H and O–H groups in total. The highest BCUT2D eigenvalue weighted by Crippen LogP contribution is 2.15. The number of benzene rings is 1. The highest BCUT2D eigenvalue weighted by molar-refractivity contribution is 5.97. The third-order valence-corrected chi connectivity index (χ3v) is 3.77. The van der Waals surface area contributed by atoms with Crippen LogP contribution < -0.4 is 10.1 Å². The molecule has 1 fully saturated rings. The Labute approximate surface area is 143 Å². The van der Waals surface area contributed by atoms with Crippen LogP contribution in [0.5, 0.6) is 5.75 Å². The zero-order valence-electron chi connectivity index (χ0n) is 14.8. The molecule has 1 aromatic rings. The molecule has 1 aliphatic heterocycles. The van der Waals surface area contributed by atoms with Gasteiger partial charge in [-0.25, -0.2) is 4.79 Å². The number of hydrogen-bond acceptors (Lipinski definition) is 5. The SMILES string of the molecule is COc1ccc(C(=O)CN2CCC(NC(=O)OC(C)(C)C)C2)cc1. The monoisotopic (exact) mass is 334 g/mol. The molecule has 0 aromatic heterocycles. The molecule has 2 rings (SSSR count). The van der Waals surface area contributed by atoms with Crippen LogP contribution in [-0.4, -0.2) is 55.2 Å². The summed E-state index contributed by atoms with van der Waals surface area (Å²) < 4.78 is 10.4. The number of carbonyl (C=O) groups is 2. The molecule has 1 aliphatic rings. The van der Waals surface area contributed by atoms with Crippen LogP contribution in [0.25, 0.3) is 0 Å². The van der Waals surface area contributed by atoms with Crippen LogP contribution in [0.1, 0.15) is 37.6 Å². The third kappa shape index (κ3) is 5.53. The Morgan fingerprint density at radius 3 is 2.50 bits per heavy atom. The zero-order valence-corrected chi connectivity index (χ0v) is 14.8. The van der Waals surface area contributed by atoms with E-state index in [-0.39, 0.29) is 11.8 Å². The Balaban J connectivity index is 1.80. The van der Waals surface area contributed by atoms with Crippen molar-refractivity contribution in [2.24, 2.45) is 0 Å². The van der Waals surface area contributed by atoms with Crippen LogP contribution in [0.3, 0.4) is 0 Å². The Morgan fingerprint density at radius 1 is 1.25 bits per heavy atom. The molecule has 6 nitrogen and oxygen atoms in total. The smallest absolute Gasteiger partial charge is 0.407 e. The van der Waals surface area contributed by atoms with E-state index < -0.39 is 11.7 Å². The molecule has 1 atom stereocenters.